The van der Waals surface area contributed by atoms with E-state index in [1.165, 1.54) is 0 Å². The van der Waals surface area contributed by atoms with Crippen molar-refractivity contribution < 1.29 is 14.3 Å². The molecule has 0 aliphatic heterocycles. The summed E-state index contributed by atoms with van der Waals surface area (Å²) in [4.78, 5) is 23.7. The molecule has 2 amide bonds. The second-order valence-electron chi connectivity index (χ2n) is 5.47. The summed E-state index contributed by atoms with van der Waals surface area (Å²) >= 11 is 6.11. The molecule has 0 radical (unpaired) electrons. The molecule has 1 aromatic carbocycles. The molecular formula is C17H25ClN2O3. The predicted octanol–water partition coefficient (Wildman–Crippen LogP) is 3.22. The number of carbonyl (C=O) groups excluding carboxylic acids is 2. The highest BCUT2D eigenvalue weighted by Gasteiger charge is 2.16. The van der Waals surface area contributed by atoms with Crippen LogP contribution in [0.5, 0.6) is 0 Å². The van der Waals surface area contributed by atoms with Gasteiger partial charge in [0.2, 0.25) is 0 Å². The zero-order valence-corrected chi connectivity index (χ0v) is 14.8. The number of amides is 2. The molecule has 0 bridgehead atoms. The first-order valence-electron chi connectivity index (χ1n) is 7.89. The monoisotopic (exact) mass is 340 g/mol. The van der Waals surface area contributed by atoms with Gasteiger partial charge in [0.1, 0.15) is 0 Å². The number of nitrogens with one attached hydrogen (secondary N) is 2. The van der Waals surface area contributed by atoms with Crippen LogP contribution in [-0.4, -0.2) is 31.6 Å². The first-order valence-corrected chi connectivity index (χ1v) is 8.27. The van der Waals surface area contributed by atoms with Crippen molar-refractivity contribution in [1.82, 2.24) is 5.32 Å². The number of carbonyl (C=O) groups is 2. The molecule has 0 aromatic heterocycles. The number of benzene rings is 1. The molecule has 0 heterocycles. The van der Waals surface area contributed by atoms with Crippen LogP contribution < -0.4 is 10.6 Å². The molecule has 128 valence electrons. The molecule has 0 aliphatic carbocycles. The van der Waals surface area contributed by atoms with Crippen LogP contribution in [0.4, 0.5) is 5.69 Å². The number of halogens is 1. The maximum absolute atomic E-state index is 11.9. The van der Waals surface area contributed by atoms with Gasteiger partial charge in [-0.1, -0.05) is 31.0 Å². The SMILES string of the molecule is CCCCOCCCNC(=O)C(=O)Nc1c(C)cc(C)cc1Cl. The van der Waals surface area contributed by atoms with Crippen LogP contribution in [0.1, 0.15) is 37.3 Å². The summed E-state index contributed by atoms with van der Waals surface area (Å²) in [5, 5.41) is 5.55. The van der Waals surface area contributed by atoms with Crippen molar-refractivity contribution in [1.29, 1.82) is 0 Å². The Hall–Kier alpha value is -1.59. The summed E-state index contributed by atoms with van der Waals surface area (Å²) in [6.45, 7) is 7.56. The zero-order chi connectivity index (χ0) is 17.2. The summed E-state index contributed by atoms with van der Waals surface area (Å²) in [5.41, 5.74) is 2.29. The van der Waals surface area contributed by atoms with Crippen molar-refractivity contribution in [2.45, 2.75) is 40.0 Å². The van der Waals surface area contributed by atoms with E-state index in [0.29, 0.717) is 30.3 Å². The van der Waals surface area contributed by atoms with E-state index in [2.05, 4.69) is 17.6 Å². The lowest BCUT2D eigenvalue weighted by Crippen LogP contribution is -2.36. The minimum absolute atomic E-state index is 0.402. The van der Waals surface area contributed by atoms with Crippen molar-refractivity contribution in [3.63, 3.8) is 0 Å². The van der Waals surface area contributed by atoms with Crippen molar-refractivity contribution >= 4 is 29.1 Å². The van der Waals surface area contributed by atoms with E-state index in [9.17, 15) is 9.59 Å². The van der Waals surface area contributed by atoms with E-state index in [0.717, 1.165) is 30.6 Å². The summed E-state index contributed by atoms with van der Waals surface area (Å²) in [5.74, 6) is -1.39. The van der Waals surface area contributed by atoms with Crippen molar-refractivity contribution in [3.05, 3.63) is 28.3 Å². The molecular weight excluding hydrogens is 316 g/mol. The van der Waals surface area contributed by atoms with Crippen LogP contribution in [0.25, 0.3) is 0 Å². The van der Waals surface area contributed by atoms with Gasteiger partial charge in [0.05, 0.1) is 10.7 Å². The van der Waals surface area contributed by atoms with Gasteiger partial charge in [-0.15, -0.1) is 0 Å². The van der Waals surface area contributed by atoms with Crippen LogP contribution in [-0.2, 0) is 14.3 Å². The molecule has 5 nitrogen and oxygen atoms in total. The molecule has 0 saturated heterocycles. The Labute approximate surface area is 142 Å². The van der Waals surface area contributed by atoms with Gasteiger partial charge in [-0.2, -0.15) is 0 Å². The summed E-state index contributed by atoms with van der Waals surface area (Å²) < 4.78 is 5.39. The predicted molar refractivity (Wildman–Crippen MR) is 92.9 cm³/mol. The van der Waals surface area contributed by atoms with E-state index >= 15 is 0 Å². The van der Waals surface area contributed by atoms with Crippen molar-refractivity contribution in [3.8, 4) is 0 Å². The summed E-state index contributed by atoms with van der Waals surface area (Å²) in [6, 6.07) is 3.64. The zero-order valence-electron chi connectivity index (χ0n) is 14.0. The Balaban J connectivity index is 2.36. The van der Waals surface area contributed by atoms with Crippen LogP contribution in [0.3, 0.4) is 0 Å². The molecule has 0 aliphatic rings. The van der Waals surface area contributed by atoms with Gasteiger partial charge in [-0.3, -0.25) is 9.59 Å². The van der Waals surface area contributed by atoms with Gasteiger partial charge in [-0.05, 0) is 43.9 Å². The average molecular weight is 341 g/mol. The van der Waals surface area contributed by atoms with Gasteiger partial charge < -0.3 is 15.4 Å². The van der Waals surface area contributed by atoms with Crippen LogP contribution in [0.2, 0.25) is 5.02 Å². The second-order valence-corrected chi connectivity index (χ2v) is 5.88. The molecule has 0 fully saturated rings. The average Bonchev–Trinajstić information content (AvgIpc) is 2.49. The minimum atomic E-state index is -0.717. The third kappa shape index (κ3) is 7.01. The summed E-state index contributed by atoms with van der Waals surface area (Å²) in [7, 11) is 0. The molecule has 2 N–H and O–H groups in total. The lowest BCUT2D eigenvalue weighted by molar-refractivity contribution is -0.136. The molecule has 0 atom stereocenters. The van der Waals surface area contributed by atoms with E-state index < -0.39 is 11.8 Å². The first kappa shape index (κ1) is 19.5. The molecule has 0 spiro atoms. The molecule has 6 heteroatoms. The van der Waals surface area contributed by atoms with E-state index in [1.54, 1.807) is 6.07 Å². The minimum Gasteiger partial charge on any atom is -0.381 e. The smallest absolute Gasteiger partial charge is 0.313 e. The largest absolute Gasteiger partial charge is 0.381 e. The lowest BCUT2D eigenvalue weighted by atomic mass is 10.1. The Morgan fingerprint density at radius 2 is 1.83 bits per heavy atom. The van der Waals surface area contributed by atoms with E-state index in [1.807, 2.05) is 19.9 Å². The third-order valence-electron chi connectivity index (χ3n) is 3.27. The Morgan fingerprint density at radius 3 is 2.48 bits per heavy atom. The standard InChI is InChI=1S/C17H25ClN2O3/c1-4-5-8-23-9-6-7-19-16(21)17(22)20-15-13(3)10-12(2)11-14(15)18/h10-11H,4-9H2,1-3H3,(H,19,21)(H,20,22). The third-order valence-corrected chi connectivity index (χ3v) is 3.57. The fraction of sp³-hybridized carbons (Fsp3) is 0.529. The summed E-state index contributed by atoms with van der Waals surface area (Å²) in [6.07, 6.45) is 2.80. The van der Waals surface area contributed by atoms with Gasteiger partial charge in [0.15, 0.2) is 0 Å². The van der Waals surface area contributed by atoms with E-state index in [4.69, 9.17) is 16.3 Å². The Kier molecular flexibility index (Phi) is 8.66. The fourth-order valence-corrected chi connectivity index (χ4v) is 2.42. The van der Waals surface area contributed by atoms with Crippen LogP contribution >= 0.6 is 11.6 Å². The van der Waals surface area contributed by atoms with Crippen LogP contribution in [0, 0.1) is 13.8 Å². The Bertz CT molecular complexity index is 524. The normalized spacial score (nSPS) is 10.4. The number of hydrogen-bond donors (Lipinski definition) is 2. The molecule has 0 saturated carbocycles. The topological polar surface area (TPSA) is 67.4 Å². The fourth-order valence-electron chi connectivity index (χ4n) is 2.05. The number of aryl methyl sites for hydroxylation is 2. The molecule has 0 unspecified atom stereocenters. The number of unbranched alkanes of at least 4 members (excludes halogenated alkanes) is 1. The maximum Gasteiger partial charge on any atom is 0.313 e. The first-order chi connectivity index (χ1) is 11.0. The number of rotatable bonds is 8. The van der Waals surface area contributed by atoms with Gasteiger partial charge >= 0.3 is 11.8 Å². The van der Waals surface area contributed by atoms with Gasteiger partial charge in [-0.25, -0.2) is 0 Å². The highest BCUT2D eigenvalue weighted by atomic mass is 35.5. The quantitative estimate of drug-likeness (QED) is 0.564. The van der Waals surface area contributed by atoms with Crippen molar-refractivity contribution in [2.75, 3.05) is 25.1 Å². The number of ether oxygens (including phenoxy) is 1. The highest BCUT2D eigenvalue weighted by Crippen LogP contribution is 2.27. The lowest BCUT2D eigenvalue weighted by Gasteiger charge is -2.11. The highest BCUT2D eigenvalue weighted by molar-refractivity contribution is 6.41. The second kappa shape index (κ2) is 10.2. The van der Waals surface area contributed by atoms with Gasteiger partial charge in [0.25, 0.3) is 0 Å². The van der Waals surface area contributed by atoms with Crippen molar-refractivity contribution in [2.24, 2.45) is 0 Å². The number of anilines is 1. The van der Waals surface area contributed by atoms with E-state index in [-0.39, 0.29) is 0 Å². The maximum atomic E-state index is 11.9. The Morgan fingerprint density at radius 1 is 1.13 bits per heavy atom. The molecule has 23 heavy (non-hydrogen) atoms. The number of hydrogen-bond acceptors (Lipinski definition) is 3. The molecule has 1 aromatic rings. The van der Waals surface area contributed by atoms with Gasteiger partial charge in [0, 0.05) is 19.8 Å². The molecule has 1 rings (SSSR count). The van der Waals surface area contributed by atoms with Crippen LogP contribution in [0.15, 0.2) is 12.1 Å².